The van der Waals surface area contributed by atoms with Gasteiger partial charge in [0.15, 0.2) is 0 Å². The zero-order chi connectivity index (χ0) is 11.5. The molecule has 88 valence electrons. The van der Waals surface area contributed by atoms with E-state index in [4.69, 9.17) is 0 Å². The predicted octanol–water partition coefficient (Wildman–Crippen LogP) is 2.26. The highest BCUT2D eigenvalue weighted by Crippen LogP contribution is 2.21. The first-order valence-electron chi connectivity index (χ1n) is 6.11. The molecule has 1 aliphatic heterocycles. The first kappa shape index (κ1) is 11.6. The lowest BCUT2D eigenvalue weighted by molar-refractivity contribution is 0.153. The maximum atomic E-state index is 9.29. The fraction of sp³-hybridized carbons (Fsp3) is 0.571. The van der Waals surface area contributed by atoms with Crippen molar-refractivity contribution in [3.05, 3.63) is 34.9 Å². The lowest BCUT2D eigenvalue weighted by Gasteiger charge is -2.23. The number of benzene rings is 1. The predicted molar refractivity (Wildman–Crippen MR) is 66.4 cm³/mol. The molecule has 1 fully saturated rings. The van der Waals surface area contributed by atoms with Crippen LogP contribution in [0.25, 0.3) is 0 Å². The highest BCUT2D eigenvalue weighted by Gasteiger charge is 2.23. The van der Waals surface area contributed by atoms with Gasteiger partial charge < -0.3 is 5.11 Å². The Morgan fingerprint density at radius 2 is 2.19 bits per heavy atom. The normalized spacial score (nSPS) is 21.6. The molecule has 0 aromatic heterocycles. The summed E-state index contributed by atoms with van der Waals surface area (Å²) < 4.78 is 0. The van der Waals surface area contributed by atoms with Crippen LogP contribution in [0.3, 0.4) is 0 Å². The van der Waals surface area contributed by atoms with Crippen LogP contribution in [0, 0.1) is 13.8 Å². The van der Waals surface area contributed by atoms with E-state index in [0.29, 0.717) is 12.6 Å². The van der Waals surface area contributed by atoms with E-state index in [9.17, 15) is 5.11 Å². The van der Waals surface area contributed by atoms with Gasteiger partial charge in [-0.15, -0.1) is 0 Å². The maximum absolute atomic E-state index is 9.29. The zero-order valence-corrected chi connectivity index (χ0v) is 10.2. The largest absolute Gasteiger partial charge is 0.395 e. The lowest BCUT2D eigenvalue weighted by atomic mass is 10.1. The van der Waals surface area contributed by atoms with E-state index < -0.39 is 0 Å². The van der Waals surface area contributed by atoms with Crippen LogP contribution in [0.5, 0.6) is 0 Å². The molecule has 0 saturated carbocycles. The standard InChI is InChI=1S/C14H21NO/c1-11-5-6-13(12(2)8-11)9-15-7-3-4-14(15)10-16/h5-6,8,14,16H,3-4,7,9-10H2,1-2H3. The van der Waals surface area contributed by atoms with Gasteiger partial charge in [-0.3, -0.25) is 4.90 Å². The molecular weight excluding hydrogens is 198 g/mol. The van der Waals surface area contributed by atoms with Crippen LogP contribution in [0.4, 0.5) is 0 Å². The van der Waals surface area contributed by atoms with E-state index in [1.165, 1.54) is 23.1 Å². The molecule has 1 heterocycles. The van der Waals surface area contributed by atoms with Crippen LogP contribution in [-0.2, 0) is 6.54 Å². The summed E-state index contributed by atoms with van der Waals surface area (Å²) in [5.74, 6) is 0. The Hall–Kier alpha value is -0.860. The third kappa shape index (κ3) is 2.45. The van der Waals surface area contributed by atoms with Crippen LogP contribution in [0.2, 0.25) is 0 Å². The van der Waals surface area contributed by atoms with Crippen molar-refractivity contribution >= 4 is 0 Å². The molecule has 0 aliphatic carbocycles. The fourth-order valence-corrected chi connectivity index (χ4v) is 2.55. The van der Waals surface area contributed by atoms with Gasteiger partial charge in [0.1, 0.15) is 0 Å². The molecule has 1 atom stereocenters. The molecule has 0 bridgehead atoms. The summed E-state index contributed by atoms with van der Waals surface area (Å²) in [6.07, 6.45) is 2.36. The monoisotopic (exact) mass is 219 g/mol. The quantitative estimate of drug-likeness (QED) is 0.843. The topological polar surface area (TPSA) is 23.5 Å². The van der Waals surface area contributed by atoms with Gasteiger partial charge in [0.25, 0.3) is 0 Å². The summed E-state index contributed by atoms with van der Waals surface area (Å²) in [4.78, 5) is 2.40. The molecule has 1 saturated heterocycles. The van der Waals surface area contributed by atoms with E-state index in [0.717, 1.165) is 19.5 Å². The molecule has 1 N–H and O–H groups in total. The Balaban J connectivity index is 2.08. The molecule has 2 heteroatoms. The third-order valence-electron chi connectivity index (χ3n) is 3.58. The van der Waals surface area contributed by atoms with Gasteiger partial charge in [-0.1, -0.05) is 23.8 Å². The average Bonchev–Trinajstić information content (AvgIpc) is 2.69. The summed E-state index contributed by atoms with van der Waals surface area (Å²) in [5.41, 5.74) is 4.08. The Morgan fingerprint density at radius 1 is 1.38 bits per heavy atom. The minimum Gasteiger partial charge on any atom is -0.395 e. The molecule has 2 nitrogen and oxygen atoms in total. The van der Waals surface area contributed by atoms with Crippen molar-refractivity contribution in [2.75, 3.05) is 13.2 Å². The van der Waals surface area contributed by atoms with Gasteiger partial charge in [0.05, 0.1) is 6.61 Å². The van der Waals surface area contributed by atoms with Gasteiger partial charge in [0, 0.05) is 12.6 Å². The molecule has 0 spiro atoms. The Morgan fingerprint density at radius 3 is 2.88 bits per heavy atom. The zero-order valence-electron chi connectivity index (χ0n) is 10.2. The van der Waals surface area contributed by atoms with Crippen molar-refractivity contribution < 1.29 is 5.11 Å². The summed E-state index contributed by atoms with van der Waals surface area (Å²) in [5, 5.41) is 9.29. The summed E-state index contributed by atoms with van der Waals surface area (Å²) in [6.45, 7) is 6.70. The van der Waals surface area contributed by atoms with Crippen molar-refractivity contribution in [2.45, 2.75) is 39.3 Å². The number of rotatable bonds is 3. The van der Waals surface area contributed by atoms with Crippen LogP contribution >= 0.6 is 0 Å². The summed E-state index contributed by atoms with van der Waals surface area (Å²) in [6, 6.07) is 7.00. The Labute approximate surface area is 97.9 Å². The van der Waals surface area contributed by atoms with Gasteiger partial charge in [0.2, 0.25) is 0 Å². The molecule has 16 heavy (non-hydrogen) atoms. The van der Waals surface area contributed by atoms with Crippen LogP contribution in [-0.4, -0.2) is 29.2 Å². The van der Waals surface area contributed by atoms with E-state index in [2.05, 4.69) is 36.9 Å². The molecule has 1 aliphatic rings. The number of nitrogens with zero attached hydrogens (tertiary/aromatic N) is 1. The number of aliphatic hydroxyl groups excluding tert-OH is 1. The van der Waals surface area contributed by atoms with Gasteiger partial charge in [-0.2, -0.15) is 0 Å². The Bertz CT molecular complexity index is 362. The highest BCUT2D eigenvalue weighted by atomic mass is 16.3. The van der Waals surface area contributed by atoms with Crippen LogP contribution < -0.4 is 0 Å². The second-order valence-electron chi connectivity index (χ2n) is 4.88. The second-order valence-corrected chi connectivity index (χ2v) is 4.88. The van der Waals surface area contributed by atoms with E-state index in [1.54, 1.807) is 0 Å². The molecular formula is C14H21NO. The number of likely N-dealkylation sites (tertiary alicyclic amines) is 1. The van der Waals surface area contributed by atoms with Crippen LogP contribution in [0.15, 0.2) is 18.2 Å². The van der Waals surface area contributed by atoms with Crippen molar-refractivity contribution in [3.8, 4) is 0 Å². The highest BCUT2D eigenvalue weighted by molar-refractivity contribution is 5.30. The third-order valence-corrected chi connectivity index (χ3v) is 3.58. The van der Waals surface area contributed by atoms with Crippen molar-refractivity contribution in [2.24, 2.45) is 0 Å². The van der Waals surface area contributed by atoms with Crippen molar-refractivity contribution in [3.63, 3.8) is 0 Å². The minimum absolute atomic E-state index is 0.297. The Kier molecular flexibility index (Phi) is 3.62. The smallest absolute Gasteiger partial charge is 0.0587 e. The number of aryl methyl sites for hydroxylation is 2. The van der Waals surface area contributed by atoms with Gasteiger partial charge in [-0.25, -0.2) is 0 Å². The maximum Gasteiger partial charge on any atom is 0.0587 e. The fourth-order valence-electron chi connectivity index (χ4n) is 2.55. The van der Waals surface area contributed by atoms with Crippen molar-refractivity contribution in [1.29, 1.82) is 0 Å². The molecule has 2 rings (SSSR count). The van der Waals surface area contributed by atoms with Crippen LogP contribution in [0.1, 0.15) is 29.5 Å². The number of hydrogen-bond acceptors (Lipinski definition) is 2. The second kappa shape index (κ2) is 4.98. The van der Waals surface area contributed by atoms with Gasteiger partial charge in [-0.05, 0) is 44.4 Å². The first-order valence-corrected chi connectivity index (χ1v) is 6.11. The molecule has 0 radical (unpaired) electrons. The molecule has 1 aromatic rings. The van der Waals surface area contributed by atoms with E-state index in [1.807, 2.05) is 0 Å². The van der Waals surface area contributed by atoms with E-state index >= 15 is 0 Å². The van der Waals surface area contributed by atoms with Crippen molar-refractivity contribution in [1.82, 2.24) is 4.90 Å². The SMILES string of the molecule is Cc1ccc(CN2CCCC2CO)c(C)c1. The molecule has 1 aromatic carbocycles. The molecule has 0 amide bonds. The van der Waals surface area contributed by atoms with Gasteiger partial charge >= 0.3 is 0 Å². The summed E-state index contributed by atoms with van der Waals surface area (Å²) >= 11 is 0. The molecule has 1 unspecified atom stereocenters. The number of hydrogen-bond donors (Lipinski definition) is 1. The summed E-state index contributed by atoms with van der Waals surface area (Å²) in [7, 11) is 0. The van der Waals surface area contributed by atoms with E-state index in [-0.39, 0.29) is 0 Å². The lowest BCUT2D eigenvalue weighted by Crippen LogP contribution is -2.31. The number of aliphatic hydroxyl groups is 1. The minimum atomic E-state index is 0.297. The first-order chi connectivity index (χ1) is 7.70. The average molecular weight is 219 g/mol.